The molecule has 0 atom stereocenters. The molecular formula is C38H49BiBr2Fe. The Bertz CT molecular complexity index is 1260. The summed E-state index contributed by atoms with van der Waals surface area (Å²) in [7, 11) is 0. The van der Waals surface area contributed by atoms with Gasteiger partial charge in [0.05, 0.1) is 0 Å². The fraction of sp³-hybridized carbons (Fsp3) is 0.421. The number of hydrogen-bond donors (Lipinski definition) is 0. The van der Waals surface area contributed by atoms with Crippen molar-refractivity contribution in [2.75, 3.05) is 0 Å². The molecule has 0 bridgehead atoms. The molecule has 0 saturated heterocycles. The summed E-state index contributed by atoms with van der Waals surface area (Å²) in [6.45, 7) is 27.8. The summed E-state index contributed by atoms with van der Waals surface area (Å²) in [5.74, 6) is 0. The Morgan fingerprint density at radius 2 is 0.976 bits per heavy atom. The van der Waals surface area contributed by atoms with Gasteiger partial charge >= 0.3 is 260 Å². The SMILES string of the molecule is CC(C)(C)c1cc(-c2cc[c-](-c3cc(C(C)(C)C)cc(C(C)(C)C)c3)[c]2[Bi]([Br])[Br])cc(C(C)(C)C)c1.[Fe+2].c1cc[cH-]c1. The van der Waals surface area contributed by atoms with Gasteiger partial charge in [-0.05, 0) is 0 Å². The van der Waals surface area contributed by atoms with Crippen LogP contribution in [0.3, 0.4) is 0 Å². The van der Waals surface area contributed by atoms with Crippen LogP contribution in [0.15, 0.2) is 78.9 Å². The molecule has 4 aromatic carbocycles. The third-order valence-corrected chi connectivity index (χ3v) is 17.0. The third kappa shape index (κ3) is 9.75. The maximum atomic E-state index is 4.11. The van der Waals surface area contributed by atoms with Crippen molar-refractivity contribution in [1.29, 1.82) is 0 Å². The molecule has 4 rings (SSSR count). The second kappa shape index (κ2) is 14.3. The fourth-order valence-electron chi connectivity index (χ4n) is 4.74. The normalized spacial score (nSPS) is 12.5. The van der Waals surface area contributed by atoms with Crippen molar-refractivity contribution in [2.24, 2.45) is 0 Å². The van der Waals surface area contributed by atoms with Crippen molar-refractivity contribution in [3.05, 3.63) is 101 Å². The minimum Gasteiger partial charge on any atom is -0.214 e. The predicted molar refractivity (Wildman–Crippen MR) is 193 cm³/mol. The monoisotopic (exact) mass is 928 g/mol. The second-order valence-corrected chi connectivity index (χ2v) is 39.7. The van der Waals surface area contributed by atoms with Crippen molar-refractivity contribution in [3.8, 4) is 22.3 Å². The smallest absolute Gasteiger partial charge is 0.214 e. The molecule has 0 unspecified atom stereocenters. The molecule has 0 heterocycles. The molecule has 0 aliphatic carbocycles. The molecule has 0 aromatic heterocycles. The number of hydrogen-bond acceptors (Lipinski definition) is 0. The van der Waals surface area contributed by atoms with E-state index in [0.717, 1.165) is 0 Å². The van der Waals surface area contributed by atoms with Crippen LogP contribution in [0.1, 0.15) is 105 Å². The Balaban J connectivity index is 0.000000927. The summed E-state index contributed by atoms with van der Waals surface area (Å²) in [6, 6.07) is 29.3. The number of benzene rings is 2. The van der Waals surface area contributed by atoms with Crippen LogP contribution in [-0.4, -0.2) is 17.1 Å². The Labute approximate surface area is 287 Å². The zero-order valence-corrected chi connectivity index (χ0v) is 35.3. The van der Waals surface area contributed by atoms with E-state index in [9.17, 15) is 0 Å². The van der Waals surface area contributed by atoms with Crippen LogP contribution in [0.25, 0.3) is 22.3 Å². The zero-order valence-electron chi connectivity index (χ0n) is 27.6. The molecule has 0 aliphatic heterocycles. The van der Waals surface area contributed by atoms with Gasteiger partial charge in [-0.25, -0.2) is 12.1 Å². The first-order valence-corrected chi connectivity index (χ1v) is 31.4. The Hall–Kier alpha value is -0.497. The van der Waals surface area contributed by atoms with Gasteiger partial charge in [0, 0.05) is 0 Å². The molecule has 0 amide bonds. The van der Waals surface area contributed by atoms with Crippen molar-refractivity contribution in [1.82, 2.24) is 0 Å². The molecule has 4 heteroatoms. The molecule has 4 aromatic rings. The maximum absolute atomic E-state index is 4.11. The van der Waals surface area contributed by atoms with Crippen LogP contribution in [0.4, 0.5) is 0 Å². The van der Waals surface area contributed by atoms with Gasteiger partial charge in [-0.15, -0.1) is 0 Å². The number of rotatable bonds is 3. The maximum Gasteiger partial charge on any atom is 2.00 e. The van der Waals surface area contributed by atoms with Crippen LogP contribution in [0.2, 0.25) is 0 Å². The standard InChI is InChI=1S/C33H44.C5H5.Bi.2BrH.Fe/c1-30(2,3)26-16-24(17-27(20-26)31(4,5)6)22-13-14-23(15-22)25-18-28(32(7,8)9)21-29(19-25)33(10,11)12;1-2-4-5-3-1;;;;/h13-14,16-21H,1-12H3;1-5H;;2*1H;/q2*-1;+2;;;+2/p-2. The quantitative estimate of drug-likeness (QED) is 0.142. The molecular weight excluding hydrogens is 881 g/mol. The Morgan fingerprint density at radius 1 is 0.595 bits per heavy atom. The summed E-state index contributed by atoms with van der Waals surface area (Å²) in [4.78, 5) is 0. The average Bonchev–Trinajstić information content (AvgIpc) is 3.55. The van der Waals surface area contributed by atoms with Crippen molar-refractivity contribution in [3.63, 3.8) is 0 Å². The van der Waals surface area contributed by atoms with E-state index in [1.807, 2.05) is 30.3 Å². The van der Waals surface area contributed by atoms with E-state index in [1.165, 1.54) is 47.8 Å². The molecule has 0 nitrogen and oxygen atoms in total. The van der Waals surface area contributed by atoms with Gasteiger partial charge in [0.2, 0.25) is 0 Å². The van der Waals surface area contributed by atoms with E-state index >= 15 is 0 Å². The molecule has 0 aliphatic rings. The van der Waals surface area contributed by atoms with Gasteiger partial charge in [0.25, 0.3) is 0 Å². The number of halogens is 2. The van der Waals surface area contributed by atoms with Gasteiger partial charge < -0.3 is 0 Å². The fourth-order valence-corrected chi connectivity index (χ4v) is 14.4. The summed E-state index contributed by atoms with van der Waals surface area (Å²) in [6.07, 6.45) is 0. The minimum absolute atomic E-state index is 0. The van der Waals surface area contributed by atoms with Gasteiger partial charge in [0.15, 0.2) is 0 Å². The van der Waals surface area contributed by atoms with Crippen LogP contribution in [-0.2, 0) is 38.7 Å². The van der Waals surface area contributed by atoms with Crippen molar-refractivity contribution in [2.45, 2.75) is 105 Å². The van der Waals surface area contributed by atoms with E-state index in [1.54, 1.807) is 0 Å². The van der Waals surface area contributed by atoms with Gasteiger partial charge in [-0.2, -0.15) is 18.2 Å². The second-order valence-electron chi connectivity index (χ2n) is 15.3. The summed E-state index contributed by atoms with van der Waals surface area (Å²) in [5.41, 5.74) is 11.4. The largest absolute Gasteiger partial charge is 2.00 e. The van der Waals surface area contributed by atoms with Crippen molar-refractivity contribution >= 4 is 44.8 Å². The van der Waals surface area contributed by atoms with E-state index < -0.39 is 17.1 Å². The van der Waals surface area contributed by atoms with Crippen LogP contribution >= 0.6 is 24.4 Å². The molecule has 0 radical (unpaired) electrons. The predicted octanol–water partition coefficient (Wildman–Crippen LogP) is 11.8. The average molecular weight is 930 g/mol. The summed E-state index contributed by atoms with van der Waals surface area (Å²) in [5, 5.41) is 0. The van der Waals surface area contributed by atoms with E-state index in [4.69, 9.17) is 0 Å². The Morgan fingerprint density at radius 3 is 1.29 bits per heavy atom. The van der Waals surface area contributed by atoms with Gasteiger partial charge in [0.1, 0.15) is 0 Å². The molecule has 0 spiro atoms. The molecule has 228 valence electrons. The molecule has 0 N–H and O–H groups in total. The van der Waals surface area contributed by atoms with Crippen LogP contribution in [0.5, 0.6) is 0 Å². The Kier molecular flexibility index (Phi) is 12.8. The van der Waals surface area contributed by atoms with E-state index in [2.05, 4.69) is 156 Å². The van der Waals surface area contributed by atoms with Gasteiger partial charge in [-0.3, -0.25) is 0 Å². The topological polar surface area (TPSA) is 0 Å². The minimum atomic E-state index is -2.23. The van der Waals surface area contributed by atoms with Gasteiger partial charge in [-0.1, -0.05) is 0 Å². The molecule has 0 saturated carbocycles. The molecule has 0 fully saturated rings. The first kappa shape index (κ1) is 37.7. The molecule has 42 heavy (non-hydrogen) atoms. The first-order valence-electron chi connectivity index (χ1n) is 14.6. The summed E-state index contributed by atoms with van der Waals surface area (Å²) >= 11 is 5.99. The van der Waals surface area contributed by atoms with E-state index in [-0.39, 0.29) is 38.7 Å². The third-order valence-electron chi connectivity index (χ3n) is 7.60. The van der Waals surface area contributed by atoms with Crippen LogP contribution < -0.4 is 3.27 Å². The summed E-state index contributed by atoms with van der Waals surface area (Å²) < 4.78 is 1.50. The van der Waals surface area contributed by atoms with Crippen LogP contribution in [0, 0.1) is 0 Å². The zero-order chi connectivity index (χ0) is 31.0. The van der Waals surface area contributed by atoms with E-state index in [0.29, 0.717) is 0 Å². The first-order chi connectivity index (χ1) is 18.7. The van der Waals surface area contributed by atoms with Crippen molar-refractivity contribution < 1.29 is 17.1 Å².